The van der Waals surface area contributed by atoms with Gasteiger partial charge in [-0.2, -0.15) is 15.0 Å². The summed E-state index contributed by atoms with van der Waals surface area (Å²) in [6.45, 7) is 14.7. The van der Waals surface area contributed by atoms with Crippen molar-refractivity contribution in [3.8, 4) is 12.3 Å². The van der Waals surface area contributed by atoms with Crippen LogP contribution in [0.3, 0.4) is 0 Å². The van der Waals surface area contributed by atoms with Crippen molar-refractivity contribution in [1.29, 1.82) is 0 Å². The van der Waals surface area contributed by atoms with Gasteiger partial charge < -0.3 is 60.6 Å². The third-order valence-electron chi connectivity index (χ3n) is 14.9. The Morgan fingerprint density at radius 3 is 1.52 bits per heavy atom. The molecule has 25 nitrogen and oxygen atoms in total. The van der Waals surface area contributed by atoms with Crippen LogP contribution in [0.5, 0.6) is 0 Å². The van der Waals surface area contributed by atoms with Crippen LogP contribution in [0.1, 0.15) is 165 Å². The Labute approximate surface area is 492 Å². The lowest BCUT2D eigenvalue weighted by molar-refractivity contribution is -0.132. The number of hydrogen-bond donors (Lipinski definition) is 5. The number of aryl methyl sites for hydroxylation is 2. The van der Waals surface area contributed by atoms with Gasteiger partial charge >= 0.3 is 0 Å². The van der Waals surface area contributed by atoms with Gasteiger partial charge in [-0.15, -0.1) is 16.6 Å². The molecule has 0 unspecified atom stereocenters. The quantitative estimate of drug-likeness (QED) is 0.0389. The molecule has 2 saturated heterocycles. The van der Waals surface area contributed by atoms with Gasteiger partial charge in [0.15, 0.2) is 6.04 Å². The van der Waals surface area contributed by atoms with E-state index in [4.69, 9.17) is 41.3 Å². The van der Waals surface area contributed by atoms with Gasteiger partial charge in [-0.25, -0.2) is 9.36 Å². The number of hydrogen-bond acceptors (Lipinski definition) is 19. The second kappa shape index (κ2) is 40.2. The first-order chi connectivity index (χ1) is 40.5. The summed E-state index contributed by atoms with van der Waals surface area (Å²) < 4.78 is 19.6. The Morgan fingerprint density at radius 2 is 1.05 bits per heavy atom. The predicted molar refractivity (Wildman–Crippen MR) is 318 cm³/mol. The molecule has 4 amide bonds. The molecule has 5 heterocycles. The maximum Gasteiger partial charge on any atom is 0.247 e. The second-order valence-electron chi connectivity index (χ2n) is 21.8. The zero-order valence-electron chi connectivity index (χ0n) is 50.2. The number of nitrogens with two attached hydrogens (primary N) is 1. The number of rotatable bonds is 44. The van der Waals surface area contributed by atoms with E-state index < -0.39 is 12.1 Å². The first kappa shape index (κ1) is 67.7. The number of unbranched alkanes of at least 4 members (excludes halogenated alkanes) is 15. The minimum absolute atomic E-state index is 0.0140. The van der Waals surface area contributed by atoms with Crippen molar-refractivity contribution in [3.05, 3.63) is 23.8 Å². The zero-order valence-corrected chi connectivity index (χ0v) is 50.2. The number of aromatic nitrogens is 9. The fourth-order valence-corrected chi connectivity index (χ4v) is 10.2. The van der Waals surface area contributed by atoms with E-state index >= 15 is 0 Å². The van der Waals surface area contributed by atoms with Crippen molar-refractivity contribution in [1.82, 2.24) is 65.4 Å². The van der Waals surface area contributed by atoms with E-state index in [0.29, 0.717) is 154 Å². The number of ether oxygens (including phenoxy) is 3. The Morgan fingerprint density at radius 1 is 0.590 bits per heavy atom. The fraction of sp³-hybridized carbons (Fsp3) is 0.776. The highest BCUT2D eigenvalue weighted by atomic mass is 16.5. The summed E-state index contributed by atoms with van der Waals surface area (Å²) in [6.07, 6.45) is 27.8. The first-order valence-electron chi connectivity index (χ1n) is 30.9. The van der Waals surface area contributed by atoms with Crippen molar-refractivity contribution >= 4 is 41.5 Å². The fourth-order valence-electron chi connectivity index (χ4n) is 10.2. The number of carbonyl (C=O) groups is 4. The molecule has 0 radical (unpaired) electrons. The average molecular weight is 1160 g/mol. The lowest BCUT2D eigenvalue weighted by atomic mass is 10.1. The van der Waals surface area contributed by atoms with Crippen LogP contribution in [0.2, 0.25) is 0 Å². The number of aliphatic hydroxyl groups is 1. The van der Waals surface area contributed by atoms with Gasteiger partial charge in [0.25, 0.3) is 0 Å². The molecular weight excluding hydrogens is 1060 g/mol. The Hall–Kier alpha value is -6.07. The van der Waals surface area contributed by atoms with Crippen LogP contribution in [0.25, 0.3) is 0 Å². The molecule has 2 aliphatic rings. The van der Waals surface area contributed by atoms with Crippen LogP contribution in [0.4, 0.5) is 17.8 Å². The van der Waals surface area contributed by atoms with Gasteiger partial charge in [0.05, 0.1) is 50.5 Å². The molecule has 0 bridgehead atoms. The monoisotopic (exact) mass is 1160 g/mol. The number of aliphatic hydroxyl groups excluding tert-OH is 1. The predicted octanol–water partition coefficient (Wildman–Crippen LogP) is 4.31. The highest BCUT2D eigenvalue weighted by Gasteiger charge is 2.29. The SMILES string of the molecule is C#CCOCCOCCOCCNc1nc(N2CCN(C(=O)CCCCCCCCCCNC(=O)[C@@H](CCCCN)n3cc(C)nn3)CC2)nc(N2CCN(C(=O)CCCCCCCCCCNC(=O)[C@@H]([C@H](C)O)n3cc(C)nn3)CC2)n1. The summed E-state index contributed by atoms with van der Waals surface area (Å²) in [7, 11) is 0. The molecule has 83 heavy (non-hydrogen) atoms. The third-order valence-corrected chi connectivity index (χ3v) is 14.9. The normalized spacial score (nSPS) is 14.8. The number of nitrogens with zero attached hydrogens (tertiary/aromatic N) is 13. The highest BCUT2D eigenvalue weighted by molar-refractivity contribution is 5.81. The molecular formula is C58H99N17O8. The van der Waals surface area contributed by atoms with Crippen molar-refractivity contribution < 1.29 is 38.5 Å². The van der Waals surface area contributed by atoms with E-state index in [1.807, 2.05) is 22.9 Å². The number of anilines is 3. The van der Waals surface area contributed by atoms with Gasteiger partial charge in [-0.3, -0.25) is 19.2 Å². The summed E-state index contributed by atoms with van der Waals surface area (Å²) in [5.74, 6) is 4.08. The molecule has 2 fully saturated rings. The number of piperazine rings is 2. The molecule has 6 N–H and O–H groups in total. The van der Waals surface area contributed by atoms with Crippen molar-refractivity contribution in [2.24, 2.45) is 5.73 Å². The van der Waals surface area contributed by atoms with E-state index in [9.17, 15) is 24.3 Å². The molecule has 0 spiro atoms. The van der Waals surface area contributed by atoms with Gasteiger partial charge in [-0.05, 0) is 72.3 Å². The average Bonchev–Trinajstić information content (AvgIpc) is 4.24. The van der Waals surface area contributed by atoms with Gasteiger partial charge in [0, 0.05) is 97.2 Å². The molecule has 5 rings (SSSR count). The smallest absolute Gasteiger partial charge is 0.247 e. The van der Waals surface area contributed by atoms with Crippen LogP contribution >= 0.6 is 0 Å². The molecule has 0 aliphatic carbocycles. The standard InChI is InChI=1S/C58H99N17O8/c1-5-39-81-41-43-83-44-42-82-40-30-62-56-63-57(72-35-31-70(32-36-72)51(77)25-18-14-10-6-8-12-16-22-28-60-54(79)50(24-20-21-27-59)74-45-47(2)66-68-74)65-58(64-56)73-37-33-71(34-38-73)52(78)26-19-15-11-7-9-13-17-23-29-61-55(80)53(49(4)76)75-46-48(3)67-69-75/h1,45-46,49-50,53,76H,6-44,59H2,2-4H3,(H,60,79)(H,61,80)(H,62,63,64,65)/t49-,50+,53+/m0/s1. The number of terminal acetylenes is 1. The van der Waals surface area contributed by atoms with Gasteiger partial charge in [0.2, 0.25) is 41.5 Å². The van der Waals surface area contributed by atoms with Gasteiger partial charge in [-0.1, -0.05) is 93.4 Å². The van der Waals surface area contributed by atoms with Crippen LogP contribution in [-0.2, 0) is 33.4 Å². The van der Waals surface area contributed by atoms with Crippen LogP contribution in [0.15, 0.2) is 12.4 Å². The van der Waals surface area contributed by atoms with E-state index in [1.165, 1.54) is 4.68 Å². The number of carbonyl (C=O) groups excluding carboxylic acids is 4. The first-order valence-corrected chi connectivity index (χ1v) is 30.9. The minimum Gasteiger partial charge on any atom is -0.391 e. The Balaban J connectivity index is 0.957. The lowest BCUT2D eigenvalue weighted by Gasteiger charge is -2.36. The lowest BCUT2D eigenvalue weighted by Crippen LogP contribution is -2.50. The maximum absolute atomic E-state index is 13.3. The van der Waals surface area contributed by atoms with Crippen LogP contribution in [0, 0.1) is 26.2 Å². The topological polar surface area (TPSA) is 291 Å². The minimum atomic E-state index is -0.888. The maximum atomic E-state index is 13.3. The molecule has 0 aromatic carbocycles. The molecule has 0 saturated carbocycles. The van der Waals surface area contributed by atoms with E-state index in [1.54, 1.807) is 24.7 Å². The molecule has 3 aromatic heterocycles. The van der Waals surface area contributed by atoms with E-state index in [-0.39, 0.29) is 36.3 Å². The summed E-state index contributed by atoms with van der Waals surface area (Å²) in [5.41, 5.74) is 7.15. The Bertz CT molecular complexity index is 2330. The third kappa shape index (κ3) is 26.2. The summed E-state index contributed by atoms with van der Waals surface area (Å²) in [5, 5.41) is 35.6. The molecule has 2 aliphatic heterocycles. The second-order valence-corrected chi connectivity index (χ2v) is 21.8. The molecule has 3 aromatic rings. The van der Waals surface area contributed by atoms with Gasteiger partial charge in [0.1, 0.15) is 12.6 Å². The van der Waals surface area contributed by atoms with Crippen LogP contribution in [-0.4, -0.2) is 208 Å². The largest absolute Gasteiger partial charge is 0.391 e. The molecule has 464 valence electrons. The van der Waals surface area contributed by atoms with Crippen molar-refractivity contribution in [2.75, 3.05) is 133 Å². The van der Waals surface area contributed by atoms with E-state index in [2.05, 4.69) is 52.3 Å². The summed E-state index contributed by atoms with van der Waals surface area (Å²) in [4.78, 5) is 75.1. The molecule has 25 heteroatoms. The summed E-state index contributed by atoms with van der Waals surface area (Å²) in [6, 6.07) is -1.16. The van der Waals surface area contributed by atoms with Crippen molar-refractivity contribution in [2.45, 2.75) is 174 Å². The zero-order chi connectivity index (χ0) is 59.3. The van der Waals surface area contributed by atoms with Crippen molar-refractivity contribution in [3.63, 3.8) is 0 Å². The Kier molecular flexibility index (Phi) is 32.8. The summed E-state index contributed by atoms with van der Waals surface area (Å²) >= 11 is 0. The van der Waals surface area contributed by atoms with Crippen LogP contribution < -0.4 is 31.5 Å². The number of amides is 4. The highest BCUT2D eigenvalue weighted by Crippen LogP contribution is 2.22. The number of nitrogens with one attached hydrogen (secondary N) is 3. The molecule has 3 atom stereocenters. The van der Waals surface area contributed by atoms with E-state index in [0.717, 1.165) is 121 Å².